The Labute approximate surface area is 141 Å². The fourth-order valence-electron chi connectivity index (χ4n) is 4.48. The molecule has 130 valence electrons. The van der Waals surface area contributed by atoms with Crippen molar-refractivity contribution in [3.63, 3.8) is 0 Å². The van der Waals surface area contributed by atoms with Gasteiger partial charge in [-0.25, -0.2) is 0 Å². The second kappa shape index (κ2) is 7.45. The van der Waals surface area contributed by atoms with E-state index in [1.54, 1.807) is 21.3 Å². The summed E-state index contributed by atoms with van der Waals surface area (Å²) in [6.07, 6.45) is 4.58. The van der Waals surface area contributed by atoms with Crippen molar-refractivity contribution < 1.29 is 13.6 Å². The summed E-state index contributed by atoms with van der Waals surface area (Å²) >= 11 is 0. The van der Waals surface area contributed by atoms with Crippen molar-refractivity contribution in [3.05, 3.63) is 35.9 Å². The molecular formula is C18H31NO3Si. The highest BCUT2D eigenvalue weighted by Crippen LogP contribution is 2.48. The maximum Gasteiger partial charge on any atom is 0.372 e. The van der Waals surface area contributed by atoms with Crippen LogP contribution in [0, 0.1) is 0 Å². The zero-order valence-electron chi connectivity index (χ0n) is 14.9. The molecule has 23 heavy (non-hydrogen) atoms. The highest BCUT2D eigenvalue weighted by atomic mass is 28.4. The van der Waals surface area contributed by atoms with E-state index in [4.69, 9.17) is 19.3 Å². The third kappa shape index (κ3) is 3.01. The predicted octanol–water partition coefficient (Wildman–Crippen LogP) is 3.18. The molecule has 0 bridgehead atoms. The van der Waals surface area contributed by atoms with Gasteiger partial charge >= 0.3 is 8.56 Å². The minimum atomic E-state index is -2.57. The Morgan fingerprint density at radius 3 is 2.30 bits per heavy atom. The summed E-state index contributed by atoms with van der Waals surface area (Å²) < 4.78 is 18.3. The van der Waals surface area contributed by atoms with E-state index in [1.165, 1.54) is 5.56 Å². The zero-order valence-corrected chi connectivity index (χ0v) is 15.9. The molecule has 0 radical (unpaired) electrons. The molecule has 2 rings (SSSR count). The normalized spacial score (nSPS) is 30.3. The molecule has 2 unspecified atom stereocenters. The first-order chi connectivity index (χ1) is 11.0. The Bertz CT molecular complexity index is 494. The van der Waals surface area contributed by atoms with E-state index >= 15 is 0 Å². The predicted molar refractivity (Wildman–Crippen MR) is 95.5 cm³/mol. The van der Waals surface area contributed by atoms with Gasteiger partial charge in [-0.05, 0) is 37.3 Å². The van der Waals surface area contributed by atoms with Crippen LogP contribution in [0.15, 0.2) is 30.3 Å². The molecule has 1 fully saturated rings. The molecule has 0 saturated carbocycles. The summed E-state index contributed by atoms with van der Waals surface area (Å²) in [7, 11) is 2.72. The van der Waals surface area contributed by atoms with Gasteiger partial charge in [-0.1, -0.05) is 43.7 Å². The molecule has 1 aromatic rings. The lowest BCUT2D eigenvalue weighted by molar-refractivity contribution is -0.0671. The quantitative estimate of drug-likeness (QED) is 0.777. The lowest BCUT2D eigenvalue weighted by Gasteiger charge is -2.57. The Morgan fingerprint density at radius 1 is 1.13 bits per heavy atom. The van der Waals surface area contributed by atoms with Crippen LogP contribution in [-0.2, 0) is 20.0 Å². The summed E-state index contributed by atoms with van der Waals surface area (Å²) in [6.45, 7) is 2.17. The van der Waals surface area contributed by atoms with Crippen LogP contribution in [0.1, 0.15) is 38.2 Å². The SMILES string of the molecule is CCCC1(OC)C(N)(Cc2ccccc2)CCC[Si]1(OC)OC. The number of rotatable bonds is 7. The van der Waals surface area contributed by atoms with Crippen LogP contribution >= 0.6 is 0 Å². The monoisotopic (exact) mass is 337 g/mol. The van der Waals surface area contributed by atoms with Crippen molar-refractivity contribution >= 4 is 8.56 Å². The van der Waals surface area contributed by atoms with Gasteiger partial charge in [-0.15, -0.1) is 0 Å². The van der Waals surface area contributed by atoms with Crippen LogP contribution in [0.5, 0.6) is 0 Å². The van der Waals surface area contributed by atoms with Crippen LogP contribution in [0.25, 0.3) is 0 Å². The van der Waals surface area contributed by atoms with Crippen molar-refractivity contribution in [2.75, 3.05) is 21.3 Å². The highest BCUT2D eigenvalue weighted by Gasteiger charge is 2.68. The number of hydrogen-bond acceptors (Lipinski definition) is 4. The van der Waals surface area contributed by atoms with E-state index in [0.717, 1.165) is 38.1 Å². The van der Waals surface area contributed by atoms with Crippen molar-refractivity contribution in [2.24, 2.45) is 5.73 Å². The fraction of sp³-hybridized carbons (Fsp3) is 0.667. The second-order valence-corrected chi connectivity index (χ2v) is 10.2. The molecule has 2 N–H and O–H groups in total. The Kier molecular flexibility index (Phi) is 6.03. The lowest BCUT2D eigenvalue weighted by Crippen LogP contribution is -2.79. The minimum absolute atomic E-state index is 0.477. The van der Waals surface area contributed by atoms with E-state index in [0.29, 0.717) is 0 Å². The van der Waals surface area contributed by atoms with E-state index in [-0.39, 0.29) is 0 Å². The van der Waals surface area contributed by atoms with E-state index in [2.05, 4.69) is 31.2 Å². The summed E-state index contributed by atoms with van der Waals surface area (Å²) in [4.78, 5) is 0. The number of hydrogen-bond donors (Lipinski definition) is 1. The van der Waals surface area contributed by atoms with Gasteiger partial charge in [-0.3, -0.25) is 0 Å². The maximum atomic E-state index is 7.04. The fourth-order valence-corrected chi connectivity index (χ4v) is 8.67. The molecule has 4 nitrogen and oxygen atoms in total. The highest BCUT2D eigenvalue weighted by molar-refractivity contribution is 6.71. The molecule has 0 aliphatic carbocycles. The van der Waals surface area contributed by atoms with Gasteiger partial charge in [-0.2, -0.15) is 0 Å². The minimum Gasteiger partial charge on any atom is -0.396 e. The molecule has 0 aromatic heterocycles. The van der Waals surface area contributed by atoms with Gasteiger partial charge in [0.2, 0.25) is 0 Å². The van der Waals surface area contributed by atoms with Gasteiger partial charge in [0.1, 0.15) is 5.22 Å². The third-order valence-corrected chi connectivity index (χ3v) is 10.0. The molecule has 0 amide bonds. The first kappa shape index (κ1) is 18.6. The van der Waals surface area contributed by atoms with E-state index < -0.39 is 19.3 Å². The first-order valence-corrected chi connectivity index (χ1v) is 10.5. The summed E-state index contributed by atoms with van der Waals surface area (Å²) in [5.41, 5.74) is 7.81. The first-order valence-electron chi connectivity index (χ1n) is 8.51. The number of methoxy groups -OCH3 is 1. The number of ether oxygens (including phenoxy) is 1. The second-order valence-electron chi connectivity index (χ2n) is 6.61. The third-order valence-electron chi connectivity index (χ3n) is 5.52. The number of nitrogens with two attached hydrogens (primary N) is 1. The maximum absolute atomic E-state index is 7.04. The molecule has 1 aliphatic heterocycles. The van der Waals surface area contributed by atoms with Crippen LogP contribution in [0.4, 0.5) is 0 Å². The zero-order chi connectivity index (χ0) is 17.0. The van der Waals surface area contributed by atoms with Crippen LogP contribution in [0.3, 0.4) is 0 Å². The summed E-state index contributed by atoms with van der Waals surface area (Å²) in [5.74, 6) is 0. The van der Waals surface area contributed by atoms with Gasteiger partial charge in [0.15, 0.2) is 0 Å². The average Bonchev–Trinajstić information content (AvgIpc) is 2.57. The van der Waals surface area contributed by atoms with Crippen LogP contribution < -0.4 is 5.73 Å². The standard InChI is InChI=1S/C18H31NO3Si/c1-5-12-18(20-2)17(19,15-16-10-7-6-8-11-16)13-9-14-23(18,21-3)22-4/h6-8,10-11H,5,9,12-15,19H2,1-4H3. The molecule has 0 spiro atoms. The molecular weight excluding hydrogens is 306 g/mol. The van der Waals surface area contributed by atoms with E-state index in [1.807, 2.05) is 6.07 Å². The summed E-state index contributed by atoms with van der Waals surface area (Å²) in [5, 5.41) is -0.535. The lowest BCUT2D eigenvalue weighted by atomic mass is 9.79. The van der Waals surface area contributed by atoms with Gasteiger partial charge in [0, 0.05) is 21.3 Å². The number of benzene rings is 1. The topological polar surface area (TPSA) is 53.7 Å². The van der Waals surface area contributed by atoms with Crippen molar-refractivity contribution in [3.8, 4) is 0 Å². The van der Waals surface area contributed by atoms with Crippen molar-refractivity contribution in [1.29, 1.82) is 0 Å². The molecule has 1 aliphatic rings. The summed E-state index contributed by atoms with van der Waals surface area (Å²) in [6, 6.07) is 11.4. The smallest absolute Gasteiger partial charge is 0.372 e. The molecule has 1 saturated heterocycles. The van der Waals surface area contributed by atoms with Gasteiger partial charge in [0.05, 0.1) is 5.54 Å². The van der Waals surface area contributed by atoms with Crippen LogP contribution in [-0.4, -0.2) is 40.7 Å². The van der Waals surface area contributed by atoms with Crippen LogP contribution in [0.2, 0.25) is 6.04 Å². The Morgan fingerprint density at radius 2 is 1.78 bits per heavy atom. The molecule has 5 heteroatoms. The van der Waals surface area contributed by atoms with Crippen molar-refractivity contribution in [2.45, 2.75) is 55.8 Å². The van der Waals surface area contributed by atoms with Crippen molar-refractivity contribution in [1.82, 2.24) is 0 Å². The van der Waals surface area contributed by atoms with E-state index in [9.17, 15) is 0 Å². The average molecular weight is 338 g/mol. The Hall–Kier alpha value is -0.723. The van der Waals surface area contributed by atoms with Gasteiger partial charge in [0.25, 0.3) is 0 Å². The molecule has 1 aromatic carbocycles. The van der Waals surface area contributed by atoms with Gasteiger partial charge < -0.3 is 19.3 Å². The largest absolute Gasteiger partial charge is 0.396 e. The molecule has 2 atom stereocenters. The molecule has 1 heterocycles. The Balaban J connectivity index is 2.49.